The molecular weight excluding hydrogens is 381 g/mol. The van der Waals surface area contributed by atoms with Crippen LogP contribution in [0.25, 0.3) is 0 Å². The van der Waals surface area contributed by atoms with Gasteiger partial charge in [0.05, 0.1) is 19.3 Å². The monoisotopic (exact) mass is 405 g/mol. The third-order valence-corrected chi connectivity index (χ3v) is 4.90. The van der Waals surface area contributed by atoms with Crippen LogP contribution in [0.15, 0.2) is 34.0 Å². The van der Waals surface area contributed by atoms with E-state index >= 15 is 0 Å². The number of nitrogens with zero attached hydrogens (tertiary/aromatic N) is 2. The number of hydrogen-bond donors (Lipinski definition) is 1. The molecule has 0 bridgehead atoms. The number of benzene rings is 1. The predicted octanol–water partition coefficient (Wildman–Crippen LogP) is 1.65. The molecule has 0 unspecified atom stereocenters. The lowest BCUT2D eigenvalue weighted by Crippen LogP contribution is -2.45. The van der Waals surface area contributed by atoms with E-state index in [0.717, 1.165) is 28.3 Å². The Morgan fingerprint density at radius 3 is 2.83 bits per heavy atom. The smallest absolute Gasteiger partial charge is 0.333 e. The number of amides is 1. The maximum atomic E-state index is 14.1. The van der Waals surface area contributed by atoms with Gasteiger partial charge < -0.3 is 14.8 Å². The SMILES string of the molecule is COc1ccc(C)cc1[C@@H](C)NC(=O)Cn1c(=O)c(F)cn([C@H]2CCCO2)c1=O. The van der Waals surface area contributed by atoms with Gasteiger partial charge in [0, 0.05) is 12.2 Å². The van der Waals surface area contributed by atoms with E-state index in [-0.39, 0.29) is 0 Å². The van der Waals surface area contributed by atoms with Gasteiger partial charge in [-0.25, -0.2) is 9.36 Å². The van der Waals surface area contributed by atoms with Crippen molar-refractivity contribution in [1.29, 1.82) is 0 Å². The molecule has 2 atom stereocenters. The Bertz CT molecular complexity index is 1020. The molecular formula is C20H24FN3O5. The molecule has 0 radical (unpaired) electrons. The number of aryl methyl sites for hydroxylation is 1. The first kappa shape index (κ1) is 20.8. The minimum Gasteiger partial charge on any atom is -0.496 e. The highest BCUT2D eigenvalue weighted by Gasteiger charge is 2.23. The molecule has 156 valence electrons. The van der Waals surface area contributed by atoms with Crippen LogP contribution >= 0.6 is 0 Å². The van der Waals surface area contributed by atoms with Crippen molar-refractivity contribution in [2.75, 3.05) is 13.7 Å². The van der Waals surface area contributed by atoms with E-state index in [1.54, 1.807) is 13.0 Å². The molecule has 3 rings (SSSR count). The summed E-state index contributed by atoms with van der Waals surface area (Å²) >= 11 is 0. The van der Waals surface area contributed by atoms with Crippen molar-refractivity contribution >= 4 is 5.91 Å². The van der Waals surface area contributed by atoms with E-state index in [4.69, 9.17) is 9.47 Å². The summed E-state index contributed by atoms with van der Waals surface area (Å²) in [7, 11) is 1.53. The summed E-state index contributed by atoms with van der Waals surface area (Å²) < 4.78 is 26.4. The van der Waals surface area contributed by atoms with Crippen molar-refractivity contribution < 1.29 is 18.7 Å². The molecule has 8 nitrogen and oxygen atoms in total. The highest BCUT2D eigenvalue weighted by molar-refractivity contribution is 5.76. The van der Waals surface area contributed by atoms with Crippen molar-refractivity contribution in [2.24, 2.45) is 0 Å². The molecule has 2 heterocycles. The van der Waals surface area contributed by atoms with Crippen molar-refractivity contribution in [3.63, 3.8) is 0 Å². The van der Waals surface area contributed by atoms with Crippen molar-refractivity contribution in [3.05, 3.63) is 62.2 Å². The normalized spacial score (nSPS) is 17.2. The standard InChI is InChI=1S/C20H24FN3O5/c1-12-6-7-16(28-3)14(9-12)13(2)22-17(25)11-24-19(26)15(21)10-23(20(24)27)18-5-4-8-29-18/h6-7,9-10,13,18H,4-5,8,11H2,1-3H3,(H,22,25)/t13-,18-/m1/s1. The van der Waals surface area contributed by atoms with E-state index in [9.17, 15) is 18.8 Å². The molecule has 1 N–H and O–H groups in total. The van der Waals surface area contributed by atoms with Crippen LogP contribution in [0.1, 0.15) is 43.2 Å². The van der Waals surface area contributed by atoms with Crippen LogP contribution in [0, 0.1) is 12.7 Å². The number of rotatable bonds is 6. The van der Waals surface area contributed by atoms with Crippen LogP contribution in [0.3, 0.4) is 0 Å². The number of aromatic nitrogens is 2. The summed E-state index contributed by atoms with van der Waals surface area (Å²) in [6, 6.07) is 5.12. The Balaban J connectivity index is 1.83. The van der Waals surface area contributed by atoms with Crippen LogP contribution in [0.2, 0.25) is 0 Å². The summed E-state index contributed by atoms with van der Waals surface area (Å²) in [6.07, 6.45) is 1.47. The molecule has 1 aromatic carbocycles. The van der Waals surface area contributed by atoms with E-state index < -0.39 is 41.8 Å². The molecule has 1 saturated heterocycles. The van der Waals surface area contributed by atoms with Gasteiger partial charge in [-0.1, -0.05) is 17.7 Å². The fraction of sp³-hybridized carbons (Fsp3) is 0.450. The zero-order valence-corrected chi connectivity index (χ0v) is 16.6. The third kappa shape index (κ3) is 4.40. The summed E-state index contributed by atoms with van der Waals surface area (Å²) in [5.74, 6) is -1.10. The maximum Gasteiger partial charge on any atom is 0.333 e. The minimum absolute atomic E-state index is 0.443. The molecule has 0 aliphatic carbocycles. The van der Waals surface area contributed by atoms with Gasteiger partial charge in [-0.15, -0.1) is 0 Å². The van der Waals surface area contributed by atoms with E-state index in [0.29, 0.717) is 23.3 Å². The van der Waals surface area contributed by atoms with Crippen molar-refractivity contribution in [3.8, 4) is 5.75 Å². The molecule has 0 spiro atoms. The zero-order valence-electron chi connectivity index (χ0n) is 16.6. The Labute approximate surface area is 166 Å². The summed E-state index contributed by atoms with van der Waals surface area (Å²) in [5.41, 5.74) is -0.175. The van der Waals surface area contributed by atoms with E-state index in [1.807, 2.05) is 19.1 Å². The van der Waals surface area contributed by atoms with Gasteiger partial charge in [0.15, 0.2) is 0 Å². The molecule has 1 amide bonds. The molecule has 9 heteroatoms. The highest BCUT2D eigenvalue weighted by atomic mass is 19.1. The fourth-order valence-corrected chi connectivity index (χ4v) is 3.41. The highest BCUT2D eigenvalue weighted by Crippen LogP contribution is 2.26. The Morgan fingerprint density at radius 1 is 1.41 bits per heavy atom. The fourth-order valence-electron chi connectivity index (χ4n) is 3.41. The molecule has 1 aliphatic rings. The van der Waals surface area contributed by atoms with E-state index in [1.165, 1.54) is 7.11 Å². The summed E-state index contributed by atoms with van der Waals surface area (Å²) in [4.78, 5) is 37.3. The van der Waals surface area contributed by atoms with Crippen LogP contribution in [0.4, 0.5) is 4.39 Å². The van der Waals surface area contributed by atoms with Gasteiger partial charge in [-0.3, -0.25) is 14.2 Å². The van der Waals surface area contributed by atoms with Gasteiger partial charge in [0.25, 0.3) is 5.56 Å². The molecule has 1 aliphatic heterocycles. The zero-order chi connectivity index (χ0) is 21.1. The molecule has 1 fully saturated rings. The molecule has 29 heavy (non-hydrogen) atoms. The molecule has 2 aromatic rings. The van der Waals surface area contributed by atoms with Crippen LogP contribution in [-0.2, 0) is 16.1 Å². The Morgan fingerprint density at radius 2 is 2.17 bits per heavy atom. The van der Waals surface area contributed by atoms with Gasteiger partial charge >= 0.3 is 5.69 Å². The summed E-state index contributed by atoms with van der Waals surface area (Å²) in [6.45, 7) is 3.53. The third-order valence-electron chi connectivity index (χ3n) is 4.90. The average Bonchev–Trinajstić information content (AvgIpc) is 3.22. The first-order valence-electron chi connectivity index (χ1n) is 9.38. The first-order valence-corrected chi connectivity index (χ1v) is 9.38. The lowest BCUT2D eigenvalue weighted by atomic mass is 10.0. The van der Waals surface area contributed by atoms with E-state index in [2.05, 4.69) is 5.32 Å². The second kappa shape index (κ2) is 8.60. The summed E-state index contributed by atoms with van der Waals surface area (Å²) in [5, 5.41) is 2.73. The van der Waals surface area contributed by atoms with Crippen LogP contribution < -0.4 is 21.3 Å². The first-order chi connectivity index (χ1) is 13.8. The maximum absolute atomic E-state index is 14.1. The van der Waals surface area contributed by atoms with Gasteiger partial charge in [-0.05, 0) is 32.8 Å². The lowest BCUT2D eigenvalue weighted by molar-refractivity contribution is -0.122. The number of carbonyl (C=O) groups is 1. The lowest BCUT2D eigenvalue weighted by Gasteiger charge is -2.19. The number of carbonyl (C=O) groups excluding carboxylic acids is 1. The van der Waals surface area contributed by atoms with Crippen LogP contribution in [-0.4, -0.2) is 28.8 Å². The number of hydrogen-bond acceptors (Lipinski definition) is 5. The Kier molecular flexibility index (Phi) is 6.17. The molecule has 0 saturated carbocycles. The second-order valence-electron chi connectivity index (χ2n) is 7.06. The van der Waals surface area contributed by atoms with Gasteiger partial charge in [0.1, 0.15) is 18.5 Å². The topological polar surface area (TPSA) is 91.6 Å². The van der Waals surface area contributed by atoms with Crippen LogP contribution in [0.5, 0.6) is 5.75 Å². The quantitative estimate of drug-likeness (QED) is 0.789. The predicted molar refractivity (Wildman–Crippen MR) is 103 cm³/mol. The second-order valence-corrected chi connectivity index (χ2v) is 7.06. The molecule has 1 aromatic heterocycles. The number of halogens is 1. The number of nitrogens with one attached hydrogen (secondary N) is 1. The number of ether oxygens (including phenoxy) is 2. The average molecular weight is 405 g/mol. The van der Waals surface area contributed by atoms with Gasteiger partial charge in [0.2, 0.25) is 11.7 Å². The van der Waals surface area contributed by atoms with Crippen molar-refractivity contribution in [1.82, 2.24) is 14.5 Å². The Hall–Kier alpha value is -2.94. The number of methoxy groups -OCH3 is 1. The van der Waals surface area contributed by atoms with Crippen molar-refractivity contribution in [2.45, 2.75) is 45.5 Å². The van der Waals surface area contributed by atoms with Gasteiger partial charge in [-0.2, -0.15) is 4.39 Å². The largest absolute Gasteiger partial charge is 0.496 e. The minimum atomic E-state index is -1.14.